The van der Waals surface area contributed by atoms with Crippen LogP contribution in [0.4, 0.5) is 11.8 Å². The number of aliphatic hydroxyl groups excluding tert-OH is 1. The summed E-state index contributed by atoms with van der Waals surface area (Å²) in [7, 11) is 0. The fraction of sp³-hybridized carbons (Fsp3) is 0.556. The Balaban J connectivity index is 2.79. The van der Waals surface area contributed by atoms with Gasteiger partial charge >= 0.3 is 0 Å². The highest BCUT2D eigenvalue weighted by Crippen LogP contribution is 2.16. The maximum absolute atomic E-state index is 9.23. The quantitative estimate of drug-likeness (QED) is 0.414. The Kier molecular flexibility index (Phi) is 3.81. The van der Waals surface area contributed by atoms with E-state index < -0.39 is 0 Å². The summed E-state index contributed by atoms with van der Waals surface area (Å²) in [4.78, 5) is 7.99. The second kappa shape index (κ2) is 4.90. The lowest BCUT2D eigenvalue weighted by molar-refractivity contribution is 0.218. The van der Waals surface area contributed by atoms with Crippen molar-refractivity contribution in [1.82, 2.24) is 9.97 Å². The van der Waals surface area contributed by atoms with Gasteiger partial charge in [0.15, 0.2) is 0 Å². The SMILES string of the molecule is CCC(C)(CO)Nc1ccnc(NN)n1. The van der Waals surface area contributed by atoms with Gasteiger partial charge in [0.25, 0.3) is 0 Å². The number of hydrazine groups is 1. The van der Waals surface area contributed by atoms with E-state index in [0.29, 0.717) is 11.8 Å². The molecular weight excluding hydrogens is 194 g/mol. The number of anilines is 2. The van der Waals surface area contributed by atoms with E-state index in [0.717, 1.165) is 6.42 Å². The summed E-state index contributed by atoms with van der Waals surface area (Å²) in [5.41, 5.74) is 1.99. The Morgan fingerprint density at radius 2 is 2.33 bits per heavy atom. The van der Waals surface area contributed by atoms with Crippen molar-refractivity contribution in [3.05, 3.63) is 12.3 Å². The fourth-order valence-corrected chi connectivity index (χ4v) is 1.05. The van der Waals surface area contributed by atoms with E-state index in [1.165, 1.54) is 0 Å². The van der Waals surface area contributed by atoms with Gasteiger partial charge in [-0.05, 0) is 19.4 Å². The highest BCUT2D eigenvalue weighted by atomic mass is 16.3. The van der Waals surface area contributed by atoms with Gasteiger partial charge in [0.1, 0.15) is 5.82 Å². The number of hydrogen-bond acceptors (Lipinski definition) is 6. The molecule has 0 aliphatic heterocycles. The molecule has 0 spiro atoms. The van der Waals surface area contributed by atoms with Gasteiger partial charge in [0, 0.05) is 6.20 Å². The molecular formula is C9H17N5O. The number of nitrogens with zero attached hydrogens (tertiary/aromatic N) is 2. The normalized spacial score (nSPS) is 14.4. The summed E-state index contributed by atoms with van der Waals surface area (Å²) in [6.07, 6.45) is 2.39. The first kappa shape index (κ1) is 11.7. The van der Waals surface area contributed by atoms with Crippen molar-refractivity contribution in [1.29, 1.82) is 0 Å². The molecule has 1 aromatic heterocycles. The molecule has 5 N–H and O–H groups in total. The molecule has 1 unspecified atom stereocenters. The Hall–Kier alpha value is -1.40. The molecule has 15 heavy (non-hydrogen) atoms. The van der Waals surface area contributed by atoms with Crippen LogP contribution in [0.5, 0.6) is 0 Å². The minimum absolute atomic E-state index is 0.0406. The van der Waals surface area contributed by atoms with E-state index >= 15 is 0 Å². The first-order chi connectivity index (χ1) is 7.13. The highest BCUT2D eigenvalue weighted by Gasteiger charge is 2.20. The maximum atomic E-state index is 9.23. The third kappa shape index (κ3) is 3.03. The smallest absolute Gasteiger partial charge is 0.239 e. The minimum Gasteiger partial charge on any atom is -0.394 e. The van der Waals surface area contributed by atoms with E-state index in [2.05, 4.69) is 20.7 Å². The molecule has 1 atom stereocenters. The molecule has 0 aromatic carbocycles. The van der Waals surface area contributed by atoms with Crippen molar-refractivity contribution in [3.63, 3.8) is 0 Å². The van der Waals surface area contributed by atoms with Gasteiger partial charge in [-0.25, -0.2) is 10.8 Å². The number of nitrogens with two attached hydrogens (primary N) is 1. The number of aliphatic hydroxyl groups is 1. The van der Waals surface area contributed by atoms with E-state index in [1.54, 1.807) is 12.3 Å². The Morgan fingerprint density at radius 3 is 2.87 bits per heavy atom. The lowest BCUT2D eigenvalue weighted by Gasteiger charge is -2.27. The van der Waals surface area contributed by atoms with Crippen LogP contribution in [0.2, 0.25) is 0 Å². The molecule has 1 rings (SSSR count). The molecule has 84 valence electrons. The standard InChI is InChI=1S/C9H17N5O/c1-3-9(2,6-15)13-7-4-5-11-8(12-7)14-10/h4-5,15H,3,6,10H2,1-2H3,(H2,11,12,13,14). The van der Waals surface area contributed by atoms with Crippen molar-refractivity contribution in [2.75, 3.05) is 17.3 Å². The first-order valence-electron chi connectivity index (χ1n) is 4.82. The highest BCUT2D eigenvalue weighted by molar-refractivity contribution is 5.41. The monoisotopic (exact) mass is 211 g/mol. The van der Waals surface area contributed by atoms with Crippen molar-refractivity contribution in [2.24, 2.45) is 5.84 Å². The van der Waals surface area contributed by atoms with Gasteiger partial charge in [0.05, 0.1) is 12.1 Å². The first-order valence-corrected chi connectivity index (χ1v) is 4.82. The average molecular weight is 211 g/mol. The minimum atomic E-state index is -0.375. The van der Waals surface area contributed by atoms with Crippen LogP contribution in [0.15, 0.2) is 12.3 Å². The van der Waals surface area contributed by atoms with E-state index in [1.807, 2.05) is 13.8 Å². The number of aromatic nitrogens is 2. The molecule has 0 aliphatic carbocycles. The molecule has 1 aromatic rings. The molecule has 0 saturated carbocycles. The van der Waals surface area contributed by atoms with Gasteiger partial charge in [-0.3, -0.25) is 5.43 Å². The van der Waals surface area contributed by atoms with E-state index in [4.69, 9.17) is 5.84 Å². The molecule has 0 aliphatic rings. The van der Waals surface area contributed by atoms with Crippen LogP contribution in [0.1, 0.15) is 20.3 Å². The summed E-state index contributed by atoms with van der Waals surface area (Å²) >= 11 is 0. The number of nitrogens with one attached hydrogen (secondary N) is 2. The van der Waals surface area contributed by atoms with Crippen molar-refractivity contribution in [3.8, 4) is 0 Å². The summed E-state index contributed by atoms with van der Waals surface area (Å²) in [6.45, 7) is 3.95. The number of nitrogen functional groups attached to an aromatic ring is 1. The van der Waals surface area contributed by atoms with E-state index in [-0.39, 0.29) is 12.1 Å². The van der Waals surface area contributed by atoms with Crippen LogP contribution in [-0.4, -0.2) is 27.2 Å². The van der Waals surface area contributed by atoms with E-state index in [9.17, 15) is 5.11 Å². The predicted octanol–water partition coefficient (Wildman–Crippen LogP) is 0.335. The largest absolute Gasteiger partial charge is 0.394 e. The van der Waals surface area contributed by atoms with Gasteiger partial charge in [-0.15, -0.1) is 0 Å². The Labute approximate surface area is 88.9 Å². The maximum Gasteiger partial charge on any atom is 0.239 e. The molecule has 0 bridgehead atoms. The average Bonchev–Trinajstić information content (AvgIpc) is 2.29. The number of rotatable bonds is 5. The molecule has 6 nitrogen and oxygen atoms in total. The second-order valence-electron chi connectivity index (χ2n) is 3.61. The molecule has 0 fully saturated rings. The zero-order valence-corrected chi connectivity index (χ0v) is 8.99. The summed E-state index contributed by atoms with van der Waals surface area (Å²) in [6, 6.07) is 1.73. The lowest BCUT2D eigenvalue weighted by Crippen LogP contribution is -2.38. The zero-order valence-electron chi connectivity index (χ0n) is 8.99. The van der Waals surface area contributed by atoms with Gasteiger partial charge in [-0.1, -0.05) is 6.92 Å². The van der Waals surface area contributed by atoms with Crippen molar-refractivity contribution < 1.29 is 5.11 Å². The molecule has 0 amide bonds. The fourth-order valence-electron chi connectivity index (χ4n) is 1.05. The van der Waals surface area contributed by atoms with Gasteiger partial charge < -0.3 is 10.4 Å². The van der Waals surface area contributed by atoms with Crippen LogP contribution in [0.3, 0.4) is 0 Å². The molecule has 0 radical (unpaired) electrons. The summed E-state index contributed by atoms with van der Waals surface area (Å²) in [5.74, 6) is 6.17. The topological polar surface area (TPSA) is 96.1 Å². The van der Waals surface area contributed by atoms with Crippen molar-refractivity contribution >= 4 is 11.8 Å². The van der Waals surface area contributed by atoms with Gasteiger partial charge in [-0.2, -0.15) is 4.98 Å². The molecule has 0 saturated heterocycles. The summed E-state index contributed by atoms with van der Waals surface area (Å²) < 4.78 is 0. The van der Waals surface area contributed by atoms with Gasteiger partial charge in [0.2, 0.25) is 5.95 Å². The van der Waals surface area contributed by atoms with Crippen LogP contribution in [-0.2, 0) is 0 Å². The Morgan fingerprint density at radius 1 is 1.60 bits per heavy atom. The second-order valence-corrected chi connectivity index (χ2v) is 3.61. The van der Waals surface area contributed by atoms with Crippen LogP contribution >= 0.6 is 0 Å². The third-order valence-electron chi connectivity index (χ3n) is 2.34. The molecule has 6 heteroatoms. The lowest BCUT2D eigenvalue weighted by atomic mass is 10.0. The predicted molar refractivity (Wildman–Crippen MR) is 59.2 cm³/mol. The van der Waals surface area contributed by atoms with Crippen LogP contribution < -0.4 is 16.6 Å². The number of hydrogen-bond donors (Lipinski definition) is 4. The van der Waals surface area contributed by atoms with Crippen LogP contribution in [0, 0.1) is 0 Å². The van der Waals surface area contributed by atoms with Crippen LogP contribution in [0.25, 0.3) is 0 Å². The molecule has 1 heterocycles. The Bertz CT molecular complexity index is 313. The zero-order chi connectivity index (χ0) is 11.3. The summed E-state index contributed by atoms with van der Waals surface area (Å²) in [5, 5.41) is 12.4. The third-order valence-corrected chi connectivity index (χ3v) is 2.34. The van der Waals surface area contributed by atoms with Crippen molar-refractivity contribution in [2.45, 2.75) is 25.8 Å².